The number of carbonyl (C=O) groups excluding carboxylic acids is 3. The Labute approximate surface area is 194 Å². The number of ether oxygens (including phenoxy) is 1. The van der Waals surface area contributed by atoms with E-state index in [9.17, 15) is 18.8 Å². The van der Waals surface area contributed by atoms with Crippen molar-refractivity contribution in [1.82, 2.24) is 4.90 Å². The molecule has 2 amide bonds. The van der Waals surface area contributed by atoms with Crippen molar-refractivity contribution < 1.29 is 23.5 Å². The number of carbonyl (C=O) groups is 3. The van der Waals surface area contributed by atoms with Crippen molar-refractivity contribution in [3.05, 3.63) is 65.5 Å². The topological polar surface area (TPSA) is 66.9 Å². The van der Waals surface area contributed by atoms with E-state index in [1.165, 1.54) is 12.1 Å². The highest BCUT2D eigenvalue weighted by Gasteiger charge is 2.28. The fraction of sp³-hybridized carbons (Fsp3) is 0.423. The summed E-state index contributed by atoms with van der Waals surface area (Å²) < 4.78 is 18.3. The molecule has 1 aliphatic rings. The summed E-state index contributed by atoms with van der Waals surface area (Å²) in [4.78, 5) is 40.9. The molecule has 0 N–H and O–H groups in total. The van der Waals surface area contributed by atoms with Crippen LogP contribution in [0.1, 0.15) is 44.2 Å². The van der Waals surface area contributed by atoms with E-state index in [-0.39, 0.29) is 35.9 Å². The first kappa shape index (κ1) is 24.4. The zero-order valence-electron chi connectivity index (χ0n) is 19.3. The van der Waals surface area contributed by atoms with Crippen LogP contribution in [0.3, 0.4) is 0 Å². The minimum absolute atomic E-state index is 0.00126. The average Bonchev–Trinajstić information content (AvgIpc) is 2.83. The van der Waals surface area contributed by atoms with Gasteiger partial charge in [0.1, 0.15) is 5.82 Å². The Hall–Kier alpha value is -3.22. The summed E-state index contributed by atoms with van der Waals surface area (Å²) in [6.07, 6.45) is 1.78. The van der Waals surface area contributed by atoms with E-state index < -0.39 is 0 Å². The molecule has 6 nitrogen and oxygen atoms in total. The molecule has 1 fully saturated rings. The molecule has 0 radical (unpaired) electrons. The Morgan fingerprint density at radius 2 is 1.73 bits per heavy atom. The Kier molecular flexibility index (Phi) is 8.58. The minimum Gasteiger partial charge on any atom is -0.466 e. The monoisotopic (exact) mass is 454 g/mol. The second-order valence-corrected chi connectivity index (χ2v) is 8.21. The van der Waals surface area contributed by atoms with Crippen LogP contribution in [0.2, 0.25) is 0 Å². The van der Waals surface area contributed by atoms with Crippen molar-refractivity contribution >= 4 is 23.5 Å². The molecule has 0 aliphatic carbocycles. The highest BCUT2D eigenvalue weighted by atomic mass is 19.1. The molecule has 0 saturated carbocycles. The van der Waals surface area contributed by atoms with E-state index in [0.717, 1.165) is 11.1 Å². The average molecular weight is 455 g/mol. The first-order chi connectivity index (χ1) is 15.9. The van der Waals surface area contributed by atoms with Crippen LogP contribution in [0.4, 0.5) is 10.1 Å². The van der Waals surface area contributed by atoms with Crippen LogP contribution < -0.4 is 4.90 Å². The van der Waals surface area contributed by atoms with Gasteiger partial charge in [-0.05, 0) is 55.2 Å². The minimum atomic E-state index is -0.320. The van der Waals surface area contributed by atoms with Crippen molar-refractivity contribution in [3.63, 3.8) is 0 Å². The maximum absolute atomic E-state index is 13.3. The van der Waals surface area contributed by atoms with Crippen LogP contribution in [0.5, 0.6) is 0 Å². The third-order valence-corrected chi connectivity index (χ3v) is 5.90. The van der Waals surface area contributed by atoms with E-state index in [2.05, 4.69) is 0 Å². The van der Waals surface area contributed by atoms with Crippen molar-refractivity contribution in [1.29, 1.82) is 0 Å². The van der Waals surface area contributed by atoms with Gasteiger partial charge in [0.2, 0.25) is 11.8 Å². The SMILES string of the molecule is CCOC(=O)C1CCN(C(=O)Cc2cccc(N(Cc3ccc(F)cc3)C(=O)CC)c2)CC1. The lowest BCUT2D eigenvalue weighted by molar-refractivity contribution is -0.151. The van der Waals surface area contributed by atoms with Crippen molar-refractivity contribution in [2.75, 3.05) is 24.6 Å². The third-order valence-electron chi connectivity index (χ3n) is 5.90. The predicted molar refractivity (Wildman–Crippen MR) is 124 cm³/mol. The summed E-state index contributed by atoms with van der Waals surface area (Å²) in [6.45, 7) is 5.35. The maximum atomic E-state index is 13.3. The molecule has 1 aliphatic heterocycles. The van der Waals surface area contributed by atoms with Gasteiger partial charge in [0.25, 0.3) is 0 Å². The van der Waals surface area contributed by atoms with E-state index in [0.29, 0.717) is 51.2 Å². The lowest BCUT2D eigenvalue weighted by Crippen LogP contribution is -2.41. The molecular formula is C26H31FN2O4. The molecule has 7 heteroatoms. The first-order valence-electron chi connectivity index (χ1n) is 11.5. The quantitative estimate of drug-likeness (QED) is 0.563. The number of benzene rings is 2. The van der Waals surface area contributed by atoms with Gasteiger partial charge in [-0.1, -0.05) is 31.2 Å². The lowest BCUT2D eigenvalue weighted by Gasteiger charge is -2.31. The highest BCUT2D eigenvalue weighted by Crippen LogP contribution is 2.23. The van der Waals surface area contributed by atoms with E-state index >= 15 is 0 Å². The number of hydrogen-bond acceptors (Lipinski definition) is 4. The summed E-state index contributed by atoms with van der Waals surface area (Å²) in [5.74, 6) is -0.694. The zero-order valence-corrected chi connectivity index (χ0v) is 19.3. The smallest absolute Gasteiger partial charge is 0.309 e. The number of anilines is 1. The Balaban J connectivity index is 1.66. The number of nitrogens with zero attached hydrogens (tertiary/aromatic N) is 2. The van der Waals surface area contributed by atoms with Crippen LogP contribution >= 0.6 is 0 Å². The predicted octanol–water partition coefficient (Wildman–Crippen LogP) is 4.11. The maximum Gasteiger partial charge on any atom is 0.309 e. The molecule has 1 saturated heterocycles. The normalized spacial score (nSPS) is 14.1. The lowest BCUT2D eigenvalue weighted by atomic mass is 9.96. The molecule has 0 bridgehead atoms. The molecule has 176 valence electrons. The van der Waals surface area contributed by atoms with Crippen molar-refractivity contribution in [2.45, 2.75) is 46.1 Å². The van der Waals surface area contributed by atoms with E-state index in [1.54, 1.807) is 35.8 Å². The van der Waals surface area contributed by atoms with Gasteiger partial charge in [0.05, 0.1) is 25.5 Å². The Morgan fingerprint density at radius 3 is 2.36 bits per heavy atom. The Bertz CT molecular complexity index is 969. The number of amides is 2. The first-order valence-corrected chi connectivity index (χ1v) is 11.5. The number of halogens is 1. The van der Waals surface area contributed by atoms with Crippen LogP contribution in [-0.2, 0) is 32.1 Å². The molecule has 2 aromatic carbocycles. The largest absolute Gasteiger partial charge is 0.466 e. The van der Waals surface area contributed by atoms with E-state index in [4.69, 9.17) is 4.74 Å². The van der Waals surface area contributed by atoms with Gasteiger partial charge in [0, 0.05) is 25.2 Å². The molecule has 0 spiro atoms. The summed E-state index contributed by atoms with van der Waals surface area (Å²) in [7, 11) is 0. The molecule has 0 aromatic heterocycles. The zero-order chi connectivity index (χ0) is 23.8. The van der Waals surface area contributed by atoms with Gasteiger partial charge < -0.3 is 14.5 Å². The number of rotatable bonds is 8. The standard InChI is InChI=1S/C26H31FN2O4/c1-3-24(30)29(18-19-8-10-22(27)11-9-19)23-7-5-6-20(16-23)17-25(31)28-14-12-21(13-15-28)26(32)33-4-2/h5-11,16,21H,3-4,12-15,17-18H2,1-2H3. The molecule has 2 aromatic rings. The molecule has 0 atom stereocenters. The summed E-state index contributed by atoms with van der Waals surface area (Å²) in [6, 6.07) is 13.5. The van der Waals surface area contributed by atoms with Crippen molar-refractivity contribution in [2.24, 2.45) is 5.92 Å². The van der Waals surface area contributed by atoms with Gasteiger partial charge in [-0.25, -0.2) is 4.39 Å². The van der Waals surface area contributed by atoms with Gasteiger partial charge in [-0.2, -0.15) is 0 Å². The molecule has 33 heavy (non-hydrogen) atoms. The van der Waals surface area contributed by atoms with E-state index in [1.807, 2.05) is 24.3 Å². The highest BCUT2D eigenvalue weighted by molar-refractivity contribution is 5.93. The van der Waals surface area contributed by atoms with Gasteiger partial charge >= 0.3 is 5.97 Å². The molecule has 3 rings (SSSR count). The van der Waals surface area contributed by atoms with Gasteiger partial charge in [-0.3, -0.25) is 14.4 Å². The van der Waals surface area contributed by atoms with Crippen LogP contribution in [0.15, 0.2) is 48.5 Å². The van der Waals surface area contributed by atoms with Crippen LogP contribution in [-0.4, -0.2) is 42.4 Å². The summed E-state index contributed by atoms with van der Waals surface area (Å²) in [5, 5.41) is 0. The molecular weight excluding hydrogens is 423 g/mol. The number of esters is 1. The molecule has 0 unspecified atom stereocenters. The number of piperidine rings is 1. The summed E-state index contributed by atoms with van der Waals surface area (Å²) >= 11 is 0. The number of likely N-dealkylation sites (tertiary alicyclic amines) is 1. The van der Waals surface area contributed by atoms with Crippen molar-refractivity contribution in [3.8, 4) is 0 Å². The molecule has 1 heterocycles. The van der Waals surface area contributed by atoms with Gasteiger partial charge in [0.15, 0.2) is 0 Å². The third kappa shape index (κ3) is 6.63. The Morgan fingerprint density at radius 1 is 1.03 bits per heavy atom. The second-order valence-electron chi connectivity index (χ2n) is 8.21. The fourth-order valence-electron chi connectivity index (χ4n) is 4.03. The van der Waals surface area contributed by atoms with Crippen LogP contribution in [0.25, 0.3) is 0 Å². The summed E-state index contributed by atoms with van der Waals surface area (Å²) in [5.41, 5.74) is 2.35. The fourth-order valence-corrected chi connectivity index (χ4v) is 4.03. The van der Waals surface area contributed by atoms with Crippen LogP contribution in [0, 0.1) is 11.7 Å². The second kappa shape index (κ2) is 11.6. The number of hydrogen-bond donors (Lipinski definition) is 0. The van der Waals surface area contributed by atoms with Gasteiger partial charge in [-0.15, -0.1) is 0 Å².